The summed E-state index contributed by atoms with van der Waals surface area (Å²) < 4.78 is 26.2. The minimum absolute atomic E-state index is 0.350. The van der Waals surface area contributed by atoms with Crippen LogP contribution in [0.2, 0.25) is 0 Å². The molecular formula is C12H16F2N2. The zero-order valence-electron chi connectivity index (χ0n) is 9.18. The lowest BCUT2D eigenvalue weighted by molar-refractivity contribution is 0.0105. The van der Waals surface area contributed by atoms with Crippen LogP contribution < -0.4 is 5.73 Å². The summed E-state index contributed by atoms with van der Waals surface area (Å²) in [6, 6.07) is 3.64. The van der Waals surface area contributed by atoms with Gasteiger partial charge in [0.15, 0.2) is 0 Å². The number of fused-ring (bicyclic) bond motifs is 1. The Balaban J connectivity index is 2.17. The Morgan fingerprint density at radius 1 is 1.25 bits per heavy atom. The number of pyridine rings is 1. The molecule has 0 unspecified atom stereocenters. The first-order chi connectivity index (χ1) is 7.61. The van der Waals surface area contributed by atoms with Gasteiger partial charge in [0.2, 0.25) is 0 Å². The van der Waals surface area contributed by atoms with Crippen molar-refractivity contribution in [1.82, 2.24) is 4.98 Å². The van der Waals surface area contributed by atoms with Gasteiger partial charge in [0.1, 0.15) is 0 Å². The minimum atomic E-state index is -2.84. The summed E-state index contributed by atoms with van der Waals surface area (Å²) in [5, 5.41) is 0. The van der Waals surface area contributed by atoms with E-state index in [9.17, 15) is 8.78 Å². The molecule has 0 atom stereocenters. The van der Waals surface area contributed by atoms with Gasteiger partial charge in [-0.3, -0.25) is 4.98 Å². The lowest BCUT2D eigenvalue weighted by atomic mass is 9.95. The maximum Gasteiger partial charge on any atom is 0.265 e. The van der Waals surface area contributed by atoms with E-state index >= 15 is 0 Å². The smallest absolute Gasteiger partial charge is 0.265 e. The van der Waals surface area contributed by atoms with E-state index in [1.54, 1.807) is 6.07 Å². The number of hydrogen-bond donors (Lipinski definition) is 1. The maximum absolute atomic E-state index is 13.1. The molecule has 1 aromatic rings. The Labute approximate surface area is 93.9 Å². The molecule has 1 aliphatic rings. The quantitative estimate of drug-likeness (QED) is 0.857. The van der Waals surface area contributed by atoms with E-state index in [1.807, 2.05) is 6.07 Å². The Morgan fingerprint density at radius 3 is 2.75 bits per heavy atom. The van der Waals surface area contributed by atoms with Gasteiger partial charge < -0.3 is 5.73 Å². The first-order valence-corrected chi connectivity index (χ1v) is 5.66. The highest BCUT2D eigenvalue weighted by Gasteiger charge is 2.28. The van der Waals surface area contributed by atoms with Gasteiger partial charge in [-0.05, 0) is 37.3 Å². The van der Waals surface area contributed by atoms with E-state index in [0.717, 1.165) is 25.0 Å². The number of aromatic nitrogens is 1. The number of halogens is 2. The SMILES string of the molecule is NCC(F)(F)Cc1ccc2c(n1)CCCC2. The van der Waals surface area contributed by atoms with Crippen LogP contribution in [-0.2, 0) is 19.3 Å². The molecule has 0 saturated heterocycles. The Morgan fingerprint density at radius 2 is 2.00 bits per heavy atom. The fraction of sp³-hybridized carbons (Fsp3) is 0.583. The highest BCUT2D eigenvalue weighted by atomic mass is 19.3. The molecule has 2 N–H and O–H groups in total. The van der Waals surface area contributed by atoms with Crippen LogP contribution in [0.4, 0.5) is 8.78 Å². The van der Waals surface area contributed by atoms with Crippen LogP contribution in [-0.4, -0.2) is 17.5 Å². The molecule has 4 heteroatoms. The molecule has 1 heterocycles. The topological polar surface area (TPSA) is 38.9 Å². The van der Waals surface area contributed by atoms with E-state index in [-0.39, 0.29) is 6.42 Å². The average Bonchev–Trinajstić information content (AvgIpc) is 2.28. The lowest BCUT2D eigenvalue weighted by Gasteiger charge is -2.17. The fourth-order valence-electron chi connectivity index (χ4n) is 2.06. The highest BCUT2D eigenvalue weighted by molar-refractivity contribution is 5.25. The first-order valence-electron chi connectivity index (χ1n) is 5.66. The molecule has 2 nitrogen and oxygen atoms in total. The first kappa shape index (κ1) is 11.5. The van der Waals surface area contributed by atoms with Crippen molar-refractivity contribution < 1.29 is 8.78 Å². The Hall–Kier alpha value is -1.03. The van der Waals surface area contributed by atoms with Crippen LogP contribution in [0.25, 0.3) is 0 Å². The van der Waals surface area contributed by atoms with Crippen molar-refractivity contribution >= 4 is 0 Å². The fourth-order valence-corrected chi connectivity index (χ4v) is 2.06. The van der Waals surface area contributed by atoms with Crippen LogP contribution in [0, 0.1) is 0 Å². The van der Waals surface area contributed by atoms with E-state index in [4.69, 9.17) is 5.73 Å². The molecule has 88 valence electrons. The van der Waals surface area contributed by atoms with Gasteiger partial charge in [0.05, 0.1) is 13.0 Å². The minimum Gasteiger partial charge on any atom is -0.325 e. The largest absolute Gasteiger partial charge is 0.325 e. The summed E-state index contributed by atoms with van der Waals surface area (Å²) in [4.78, 5) is 4.31. The summed E-state index contributed by atoms with van der Waals surface area (Å²) >= 11 is 0. The molecule has 0 aromatic carbocycles. The lowest BCUT2D eigenvalue weighted by Crippen LogP contribution is -2.30. The second kappa shape index (κ2) is 4.45. The van der Waals surface area contributed by atoms with Crippen LogP contribution >= 0.6 is 0 Å². The molecule has 0 radical (unpaired) electrons. The molecule has 0 fully saturated rings. The Bertz CT molecular complexity index is 377. The average molecular weight is 226 g/mol. The van der Waals surface area contributed by atoms with E-state index < -0.39 is 12.5 Å². The van der Waals surface area contributed by atoms with Crippen molar-refractivity contribution in [2.45, 2.75) is 38.0 Å². The number of rotatable bonds is 3. The van der Waals surface area contributed by atoms with E-state index in [1.165, 1.54) is 12.0 Å². The van der Waals surface area contributed by atoms with Crippen LogP contribution in [0.3, 0.4) is 0 Å². The Kier molecular flexibility index (Phi) is 3.19. The molecule has 0 bridgehead atoms. The molecule has 1 aromatic heterocycles. The monoisotopic (exact) mass is 226 g/mol. The summed E-state index contributed by atoms with van der Waals surface area (Å²) in [5.41, 5.74) is 7.68. The van der Waals surface area contributed by atoms with Crippen LogP contribution in [0.1, 0.15) is 29.8 Å². The zero-order valence-corrected chi connectivity index (χ0v) is 9.18. The van der Waals surface area contributed by atoms with Gasteiger partial charge >= 0.3 is 0 Å². The zero-order chi connectivity index (χ0) is 11.6. The van der Waals surface area contributed by atoms with Gasteiger partial charge in [0.25, 0.3) is 5.92 Å². The van der Waals surface area contributed by atoms with Crippen molar-refractivity contribution in [1.29, 1.82) is 0 Å². The van der Waals surface area contributed by atoms with Gasteiger partial charge in [-0.1, -0.05) is 6.07 Å². The van der Waals surface area contributed by atoms with Crippen molar-refractivity contribution in [2.24, 2.45) is 5.73 Å². The second-order valence-electron chi connectivity index (χ2n) is 4.35. The molecule has 0 amide bonds. The number of nitrogens with two attached hydrogens (primary N) is 1. The normalized spacial score (nSPS) is 15.9. The van der Waals surface area contributed by atoms with E-state index in [0.29, 0.717) is 5.69 Å². The number of nitrogens with zero attached hydrogens (tertiary/aromatic N) is 1. The van der Waals surface area contributed by atoms with Crippen molar-refractivity contribution in [3.63, 3.8) is 0 Å². The number of alkyl halides is 2. The van der Waals surface area contributed by atoms with Crippen molar-refractivity contribution in [3.05, 3.63) is 29.1 Å². The van der Waals surface area contributed by atoms with Crippen LogP contribution in [0.15, 0.2) is 12.1 Å². The second-order valence-corrected chi connectivity index (χ2v) is 4.35. The molecule has 0 aliphatic heterocycles. The van der Waals surface area contributed by atoms with Crippen molar-refractivity contribution in [2.75, 3.05) is 6.54 Å². The molecular weight excluding hydrogens is 210 g/mol. The molecule has 2 rings (SSSR count). The summed E-state index contributed by atoms with van der Waals surface area (Å²) in [6.07, 6.45) is 3.87. The molecule has 0 spiro atoms. The predicted molar refractivity (Wildman–Crippen MR) is 58.6 cm³/mol. The summed E-state index contributed by atoms with van der Waals surface area (Å²) in [7, 11) is 0. The van der Waals surface area contributed by atoms with Gasteiger partial charge in [-0.2, -0.15) is 0 Å². The van der Waals surface area contributed by atoms with Crippen LogP contribution in [0.5, 0.6) is 0 Å². The summed E-state index contributed by atoms with van der Waals surface area (Å²) in [6.45, 7) is -0.619. The molecule has 1 aliphatic carbocycles. The maximum atomic E-state index is 13.1. The van der Waals surface area contributed by atoms with E-state index in [2.05, 4.69) is 4.98 Å². The molecule has 16 heavy (non-hydrogen) atoms. The van der Waals surface area contributed by atoms with Gasteiger partial charge in [-0.25, -0.2) is 8.78 Å². The summed E-state index contributed by atoms with van der Waals surface area (Å²) in [5.74, 6) is -2.84. The van der Waals surface area contributed by atoms with Crippen molar-refractivity contribution in [3.8, 4) is 0 Å². The third-order valence-electron chi connectivity index (χ3n) is 2.97. The van der Waals surface area contributed by atoms with Gasteiger partial charge in [-0.15, -0.1) is 0 Å². The third kappa shape index (κ3) is 2.55. The standard InChI is InChI=1S/C12H16F2N2/c13-12(14,8-15)7-10-6-5-9-3-1-2-4-11(9)16-10/h5-6H,1-4,7-8,15H2. The highest BCUT2D eigenvalue weighted by Crippen LogP contribution is 2.22. The third-order valence-corrected chi connectivity index (χ3v) is 2.97. The number of aryl methyl sites for hydroxylation is 2. The van der Waals surface area contributed by atoms with Gasteiger partial charge in [0, 0.05) is 11.4 Å². The molecule has 0 saturated carbocycles. The predicted octanol–water partition coefficient (Wildman–Crippen LogP) is 2.10. The number of hydrogen-bond acceptors (Lipinski definition) is 2.